The molecule has 0 spiro atoms. The fourth-order valence-electron chi connectivity index (χ4n) is 1.24. The molecule has 0 aliphatic rings. The molecular weight excluding hydrogens is 231 g/mol. The average molecular weight is 254 g/mol. The SMILES string of the molecule is CCO[Si](C)(C)CCCOP(C)(=O)OC. The third-order valence-electron chi connectivity index (χ3n) is 2.12. The van der Waals surface area contributed by atoms with Crippen LogP contribution in [0.25, 0.3) is 0 Å². The number of hydrogen-bond donors (Lipinski definition) is 0. The Balaban J connectivity index is 3.67. The van der Waals surface area contributed by atoms with E-state index in [9.17, 15) is 4.57 Å². The Morgan fingerprint density at radius 2 is 1.93 bits per heavy atom. The summed E-state index contributed by atoms with van der Waals surface area (Å²) in [6.45, 7) is 9.10. The molecule has 0 N–H and O–H groups in total. The molecule has 1 unspecified atom stereocenters. The van der Waals surface area contributed by atoms with Gasteiger partial charge >= 0.3 is 7.60 Å². The first-order chi connectivity index (χ1) is 6.83. The molecule has 0 amide bonds. The van der Waals surface area contributed by atoms with E-state index in [0.717, 1.165) is 19.1 Å². The van der Waals surface area contributed by atoms with Gasteiger partial charge in [-0.15, -0.1) is 0 Å². The fraction of sp³-hybridized carbons (Fsp3) is 1.00. The summed E-state index contributed by atoms with van der Waals surface area (Å²) >= 11 is 0. The second-order valence-electron chi connectivity index (χ2n) is 4.08. The van der Waals surface area contributed by atoms with Gasteiger partial charge in [-0.2, -0.15) is 0 Å². The van der Waals surface area contributed by atoms with E-state index in [1.54, 1.807) is 0 Å². The van der Waals surface area contributed by atoms with E-state index in [1.807, 2.05) is 6.92 Å². The van der Waals surface area contributed by atoms with E-state index in [1.165, 1.54) is 13.8 Å². The Labute approximate surface area is 94.0 Å². The third kappa shape index (κ3) is 8.17. The van der Waals surface area contributed by atoms with Gasteiger partial charge in [0, 0.05) is 20.4 Å². The van der Waals surface area contributed by atoms with E-state index in [2.05, 4.69) is 13.1 Å². The Bertz CT molecular complexity index is 220. The minimum Gasteiger partial charge on any atom is -0.418 e. The monoisotopic (exact) mass is 254 g/mol. The van der Waals surface area contributed by atoms with Crippen molar-refractivity contribution in [1.82, 2.24) is 0 Å². The zero-order valence-corrected chi connectivity index (χ0v) is 12.3. The molecule has 0 aliphatic heterocycles. The van der Waals surface area contributed by atoms with Crippen molar-refractivity contribution >= 4 is 15.9 Å². The first-order valence-electron chi connectivity index (χ1n) is 5.25. The van der Waals surface area contributed by atoms with Crippen molar-refractivity contribution in [2.75, 3.05) is 27.0 Å². The van der Waals surface area contributed by atoms with Crippen molar-refractivity contribution in [1.29, 1.82) is 0 Å². The lowest BCUT2D eigenvalue weighted by molar-refractivity contribution is 0.236. The van der Waals surface area contributed by atoms with E-state index in [4.69, 9.17) is 13.5 Å². The molecule has 0 saturated heterocycles. The maximum Gasteiger partial charge on any atom is 0.327 e. The maximum atomic E-state index is 11.4. The van der Waals surface area contributed by atoms with Crippen molar-refractivity contribution in [2.45, 2.75) is 32.5 Å². The van der Waals surface area contributed by atoms with Crippen molar-refractivity contribution in [2.24, 2.45) is 0 Å². The quantitative estimate of drug-likeness (QED) is 0.379. The fourth-order valence-corrected chi connectivity index (χ4v) is 3.73. The summed E-state index contributed by atoms with van der Waals surface area (Å²) in [5.74, 6) is 0. The van der Waals surface area contributed by atoms with Crippen LogP contribution in [-0.2, 0) is 18.0 Å². The van der Waals surface area contributed by atoms with Crippen LogP contribution in [0.3, 0.4) is 0 Å². The second-order valence-corrected chi connectivity index (χ2v) is 10.6. The Hall–Kier alpha value is 0.327. The first kappa shape index (κ1) is 15.3. The van der Waals surface area contributed by atoms with Crippen LogP contribution >= 0.6 is 7.60 Å². The lowest BCUT2D eigenvalue weighted by Gasteiger charge is -2.21. The molecule has 0 heterocycles. The molecule has 0 rings (SSSR count). The molecule has 1 atom stereocenters. The smallest absolute Gasteiger partial charge is 0.327 e. The lowest BCUT2D eigenvalue weighted by Crippen LogP contribution is -2.30. The predicted octanol–water partition coefficient (Wildman–Crippen LogP) is 3.10. The summed E-state index contributed by atoms with van der Waals surface area (Å²) in [7, 11) is -2.91. The summed E-state index contributed by atoms with van der Waals surface area (Å²) in [4.78, 5) is 0. The van der Waals surface area contributed by atoms with Gasteiger partial charge in [0.2, 0.25) is 0 Å². The van der Waals surface area contributed by atoms with Crippen LogP contribution in [0, 0.1) is 0 Å². The van der Waals surface area contributed by atoms with Crippen LogP contribution in [0.1, 0.15) is 13.3 Å². The lowest BCUT2D eigenvalue weighted by atomic mass is 10.5. The van der Waals surface area contributed by atoms with E-state index in [-0.39, 0.29) is 0 Å². The van der Waals surface area contributed by atoms with Crippen molar-refractivity contribution in [3.8, 4) is 0 Å². The van der Waals surface area contributed by atoms with E-state index < -0.39 is 15.9 Å². The van der Waals surface area contributed by atoms with Crippen LogP contribution in [0.15, 0.2) is 0 Å². The van der Waals surface area contributed by atoms with Gasteiger partial charge in [0.05, 0.1) is 6.61 Å². The van der Waals surface area contributed by atoms with Crippen molar-refractivity contribution in [3.05, 3.63) is 0 Å². The summed E-state index contributed by atoms with van der Waals surface area (Å²) in [5.41, 5.74) is 0. The molecule has 0 fully saturated rings. The van der Waals surface area contributed by atoms with Crippen LogP contribution in [-0.4, -0.2) is 35.3 Å². The maximum absolute atomic E-state index is 11.4. The van der Waals surface area contributed by atoms with Gasteiger partial charge < -0.3 is 13.5 Å². The molecule has 0 aliphatic carbocycles. The van der Waals surface area contributed by atoms with E-state index >= 15 is 0 Å². The molecule has 4 nitrogen and oxygen atoms in total. The van der Waals surface area contributed by atoms with Crippen LogP contribution in [0.4, 0.5) is 0 Å². The van der Waals surface area contributed by atoms with Gasteiger partial charge in [0.15, 0.2) is 8.32 Å². The van der Waals surface area contributed by atoms with Crippen LogP contribution in [0.5, 0.6) is 0 Å². The third-order valence-corrected chi connectivity index (χ3v) is 6.06. The summed E-state index contributed by atoms with van der Waals surface area (Å²) in [6.07, 6.45) is 0.875. The second kappa shape index (κ2) is 6.81. The minimum atomic E-state index is -2.80. The normalized spacial score (nSPS) is 16.3. The topological polar surface area (TPSA) is 44.8 Å². The van der Waals surface area contributed by atoms with Crippen LogP contribution in [0.2, 0.25) is 19.1 Å². The molecule has 0 aromatic heterocycles. The molecule has 6 heteroatoms. The minimum absolute atomic E-state index is 0.477. The molecular formula is C9H23O4PSi. The van der Waals surface area contributed by atoms with Crippen LogP contribution < -0.4 is 0 Å². The highest BCUT2D eigenvalue weighted by molar-refractivity contribution is 7.52. The average Bonchev–Trinajstić information content (AvgIpc) is 2.13. The van der Waals surface area contributed by atoms with E-state index in [0.29, 0.717) is 6.61 Å². The van der Waals surface area contributed by atoms with Gasteiger partial charge in [-0.1, -0.05) is 0 Å². The molecule has 92 valence electrons. The highest BCUT2D eigenvalue weighted by Crippen LogP contribution is 2.42. The molecule has 0 saturated carbocycles. The molecule has 0 bridgehead atoms. The largest absolute Gasteiger partial charge is 0.418 e. The van der Waals surface area contributed by atoms with Gasteiger partial charge in [-0.25, -0.2) is 0 Å². The Morgan fingerprint density at radius 1 is 1.33 bits per heavy atom. The summed E-state index contributed by atoms with van der Waals surface area (Å²) in [6, 6.07) is 1.02. The molecule has 0 aromatic rings. The zero-order valence-electron chi connectivity index (χ0n) is 10.4. The Kier molecular flexibility index (Phi) is 6.96. The number of rotatable bonds is 8. The molecule has 0 aromatic carbocycles. The Morgan fingerprint density at radius 3 is 2.40 bits per heavy atom. The predicted molar refractivity (Wildman–Crippen MR) is 65.0 cm³/mol. The zero-order chi connectivity index (χ0) is 11.9. The molecule has 0 radical (unpaired) electrons. The van der Waals surface area contributed by atoms with Gasteiger partial charge in [0.1, 0.15) is 0 Å². The molecule has 15 heavy (non-hydrogen) atoms. The van der Waals surface area contributed by atoms with Gasteiger partial charge in [0.25, 0.3) is 0 Å². The van der Waals surface area contributed by atoms with Crippen molar-refractivity contribution in [3.63, 3.8) is 0 Å². The van der Waals surface area contributed by atoms with Gasteiger partial charge in [-0.3, -0.25) is 4.57 Å². The van der Waals surface area contributed by atoms with Crippen molar-refractivity contribution < 1.29 is 18.0 Å². The summed E-state index contributed by atoms with van der Waals surface area (Å²) < 4.78 is 26.9. The summed E-state index contributed by atoms with van der Waals surface area (Å²) in [5, 5.41) is 0. The number of hydrogen-bond acceptors (Lipinski definition) is 4. The first-order valence-corrected chi connectivity index (χ1v) is 10.4. The highest BCUT2D eigenvalue weighted by Gasteiger charge is 2.21. The van der Waals surface area contributed by atoms with Gasteiger partial charge in [-0.05, 0) is 32.5 Å². The highest BCUT2D eigenvalue weighted by atomic mass is 31.2. The standard InChI is InChI=1S/C9H23O4PSi/c1-6-13-15(4,5)9-7-8-12-14(3,10)11-2/h6-9H2,1-5H3.